The van der Waals surface area contributed by atoms with Gasteiger partial charge in [0, 0.05) is 18.0 Å². The van der Waals surface area contributed by atoms with E-state index in [9.17, 15) is 4.79 Å². The Hall–Kier alpha value is -2.27. The molecule has 0 fully saturated rings. The number of fused-ring (bicyclic) bond motifs is 1. The molecular formula is C19H20N2O2S. The van der Waals surface area contributed by atoms with Crippen LogP contribution in [0.1, 0.15) is 19.3 Å². The molecule has 0 aliphatic carbocycles. The van der Waals surface area contributed by atoms with E-state index in [1.807, 2.05) is 18.2 Å². The molecule has 5 heteroatoms. The Morgan fingerprint density at radius 1 is 1.00 bits per heavy atom. The van der Waals surface area contributed by atoms with Crippen LogP contribution in [0.25, 0.3) is 10.8 Å². The molecular weight excluding hydrogens is 320 g/mol. The smallest absolute Gasteiger partial charge is 0.251 e. The SMILES string of the molecule is O=c1ccnc(SCCCCCOc2ccc3ccccc3c2)[nH]1. The molecule has 1 N–H and O–H groups in total. The van der Waals surface area contributed by atoms with Crippen LogP contribution < -0.4 is 10.3 Å². The minimum atomic E-state index is -0.101. The number of ether oxygens (including phenoxy) is 1. The Morgan fingerprint density at radius 3 is 2.75 bits per heavy atom. The third kappa shape index (κ3) is 4.86. The van der Waals surface area contributed by atoms with Gasteiger partial charge >= 0.3 is 0 Å². The summed E-state index contributed by atoms with van der Waals surface area (Å²) >= 11 is 1.58. The molecule has 0 bridgehead atoms. The van der Waals surface area contributed by atoms with Crippen molar-refractivity contribution in [1.82, 2.24) is 9.97 Å². The van der Waals surface area contributed by atoms with Gasteiger partial charge in [-0.05, 0) is 42.2 Å². The van der Waals surface area contributed by atoms with E-state index in [0.717, 1.165) is 37.4 Å². The highest BCUT2D eigenvalue weighted by atomic mass is 32.2. The maximum Gasteiger partial charge on any atom is 0.251 e. The number of hydrogen-bond acceptors (Lipinski definition) is 4. The zero-order valence-corrected chi connectivity index (χ0v) is 14.2. The number of nitrogens with zero attached hydrogens (tertiary/aromatic N) is 1. The number of aromatic amines is 1. The predicted molar refractivity (Wildman–Crippen MR) is 98.9 cm³/mol. The van der Waals surface area contributed by atoms with Crippen molar-refractivity contribution in [2.75, 3.05) is 12.4 Å². The van der Waals surface area contributed by atoms with Crippen LogP contribution in [0.4, 0.5) is 0 Å². The average Bonchev–Trinajstić information content (AvgIpc) is 2.61. The second kappa shape index (κ2) is 8.55. The van der Waals surface area contributed by atoms with Crippen molar-refractivity contribution in [1.29, 1.82) is 0 Å². The molecule has 0 amide bonds. The molecule has 2 aromatic carbocycles. The van der Waals surface area contributed by atoms with Crippen molar-refractivity contribution in [2.24, 2.45) is 0 Å². The Bertz CT molecular complexity index is 848. The van der Waals surface area contributed by atoms with Gasteiger partial charge in [-0.25, -0.2) is 4.98 Å². The summed E-state index contributed by atoms with van der Waals surface area (Å²) in [5, 5.41) is 3.13. The van der Waals surface area contributed by atoms with Gasteiger partial charge in [0.2, 0.25) is 0 Å². The van der Waals surface area contributed by atoms with Gasteiger partial charge in [0.25, 0.3) is 5.56 Å². The van der Waals surface area contributed by atoms with Gasteiger partial charge in [-0.3, -0.25) is 4.79 Å². The van der Waals surface area contributed by atoms with Crippen LogP contribution >= 0.6 is 11.8 Å². The normalized spacial score (nSPS) is 10.8. The van der Waals surface area contributed by atoms with Gasteiger partial charge in [-0.15, -0.1) is 0 Å². The highest BCUT2D eigenvalue weighted by Gasteiger charge is 1.99. The molecule has 124 valence electrons. The standard InChI is InChI=1S/C19H20N2O2S/c22-18-10-11-20-19(21-18)24-13-5-1-4-12-23-17-9-8-15-6-2-3-7-16(15)14-17/h2-3,6-11,14H,1,4-5,12-13H2,(H,20,21,22). The molecule has 1 aromatic heterocycles. The number of aromatic nitrogens is 2. The van der Waals surface area contributed by atoms with E-state index < -0.39 is 0 Å². The minimum absolute atomic E-state index is 0.101. The molecule has 0 radical (unpaired) electrons. The summed E-state index contributed by atoms with van der Waals surface area (Å²) in [6, 6.07) is 15.9. The fourth-order valence-corrected chi connectivity index (χ4v) is 3.27. The summed E-state index contributed by atoms with van der Waals surface area (Å²) in [6.45, 7) is 0.726. The van der Waals surface area contributed by atoms with Crippen molar-refractivity contribution in [3.8, 4) is 5.75 Å². The highest BCUT2D eigenvalue weighted by molar-refractivity contribution is 7.99. The Labute approximate surface area is 145 Å². The van der Waals surface area contributed by atoms with E-state index in [4.69, 9.17) is 4.74 Å². The monoisotopic (exact) mass is 340 g/mol. The van der Waals surface area contributed by atoms with Crippen molar-refractivity contribution in [3.63, 3.8) is 0 Å². The number of thioether (sulfide) groups is 1. The van der Waals surface area contributed by atoms with Gasteiger partial charge in [0.1, 0.15) is 5.75 Å². The van der Waals surface area contributed by atoms with Crippen LogP contribution in [-0.4, -0.2) is 22.3 Å². The molecule has 3 rings (SSSR count). The van der Waals surface area contributed by atoms with Crippen molar-refractivity contribution >= 4 is 22.5 Å². The zero-order valence-electron chi connectivity index (χ0n) is 13.4. The molecule has 0 aliphatic heterocycles. The number of unbranched alkanes of at least 4 members (excludes halogenated alkanes) is 2. The van der Waals surface area contributed by atoms with E-state index >= 15 is 0 Å². The summed E-state index contributed by atoms with van der Waals surface area (Å²) in [5.74, 6) is 1.87. The van der Waals surface area contributed by atoms with Crippen LogP contribution in [-0.2, 0) is 0 Å². The first-order chi connectivity index (χ1) is 11.8. The van der Waals surface area contributed by atoms with Crippen molar-refractivity contribution < 1.29 is 4.74 Å². The fraction of sp³-hybridized carbons (Fsp3) is 0.263. The topological polar surface area (TPSA) is 55.0 Å². The van der Waals surface area contributed by atoms with Crippen LogP contribution in [0.5, 0.6) is 5.75 Å². The predicted octanol–water partition coefficient (Wildman–Crippen LogP) is 4.26. The lowest BCUT2D eigenvalue weighted by Crippen LogP contribution is -2.05. The van der Waals surface area contributed by atoms with Gasteiger partial charge < -0.3 is 9.72 Å². The fourth-order valence-electron chi connectivity index (χ4n) is 2.42. The number of nitrogens with one attached hydrogen (secondary N) is 1. The van der Waals surface area contributed by atoms with Gasteiger partial charge in [-0.2, -0.15) is 0 Å². The van der Waals surface area contributed by atoms with Gasteiger partial charge in [0.05, 0.1) is 6.61 Å². The molecule has 0 saturated heterocycles. The van der Waals surface area contributed by atoms with E-state index in [1.165, 1.54) is 16.8 Å². The molecule has 0 spiro atoms. The Balaban J connectivity index is 1.34. The maximum absolute atomic E-state index is 11.2. The maximum atomic E-state index is 11.2. The van der Waals surface area contributed by atoms with Gasteiger partial charge in [-0.1, -0.05) is 42.1 Å². The van der Waals surface area contributed by atoms with E-state index in [-0.39, 0.29) is 5.56 Å². The average molecular weight is 340 g/mol. The minimum Gasteiger partial charge on any atom is -0.494 e. The molecule has 0 unspecified atom stereocenters. The molecule has 1 heterocycles. The van der Waals surface area contributed by atoms with Crippen LogP contribution in [0.15, 0.2) is 64.7 Å². The summed E-state index contributed by atoms with van der Waals surface area (Å²) in [5.41, 5.74) is -0.101. The lowest BCUT2D eigenvalue weighted by Gasteiger charge is -2.07. The van der Waals surface area contributed by atoms with Crippen molar-refractivity contribution in [2.45, 2.75) is 24.4 Å². The molecule has 24 heavy (non-hydrogen) atoms. The molecule has 0 saturated carbocycles. The third-order valence-electron chi connectivity index (χ3n) is 3.66. The summed E-state index contributed by atoms with van der Waals surface area (Å²) in [7, 11) is 0. The van der Waals surface area contributed by atoms with E-state index in [2.05, 4.69) is 34.2 Å². The number of H-pyrrole nitrogens is 1. The third-order valence-corrected chi connectivity index (χ3v) is 4.64. The molecule has 3 aromatic rings. The lowest BCUT2D eigenvalue weighted by molar-refractivity contribution is 0.307. The zero-order chi connectivity index (χ0) is 16.6. The summed E-state index contributed by atoms with van der Waals surface area (Å²) < 4.78 is 5.83. The molecule has 0 aliphatic rings. The Morgan fingerprint density at radius 2 is 1.88 bits per heavy atom. The second-order valence-electron chi connectivity index (χ2n) is 5.51. The largest absolute Gasteiger partial charge is 0.494 e. The summed E-state index contributed by atoms with van der Waals surface area (Å²) in [6.07, 6.45) is 4.73. The van der Waals surface area contributed by atoms with E-state index in [1.54, 1.807) is 18.0 Å². The van der Waals surface area contributed by atoms with Gasteiger partial charge in [0.15, 0.2) is 5.16 Å². The van der Waals surface area contributed by atoms with Crippen LogP contribution in [0, 0.1) is 0 Å². The number of benzene rings is 2. The van der Waals surface area contributed by atoms with Crippen LogP contribution in [0.3, 0.4) is 0 Å². The molecule has 0 atom stereocenters. The van der Waals surface area contributed by atoms with E-state index in [0.29, 0.717) is 5.16 Å². The molecule has 4 nitrogen and oxygen atoms in total. The lowest BCUT2D eigenvalue weighted by atomic mass is 10.1. The summed E-state index contributed by atoms with van der Waals surface area (Å²) in [4.78, 5) is 18.0. The number of rotatable bonds is 8. The van der Waals surface area contributed by atoms with Crippen molar-refractivity contribution in [3.05, 3.63) is 65.1 Å². The van der Waals surface area contributed by atoms with Crippen LogP contribution in [0.2, 0.25) is 0 Å². The second-order valence-corrected chi connectivity index (χ2v) is 6.59. The highest BCUT2D eigenvalue weighted by Crippen LogP contribution is 2.21. The Kier molecular flexibility index (Phi) is 5.90. The first-order valence-electron chi connectivity index (χ1n) is 8.11. The quantitative estimate of drug-likeness (QED) is 0.378. The first kappa shape index (κ1) is 16.6. The number of hydrogen-bond donors (Lipinski definition) is 1. The first-order valence-corrected chi connectivity index (χ1v) is 9.09.